The minimum absolute atomic E-state index is 0.0586. The van der Waals surface area contributed by atoms with Crippen molar-refractivity contribution in [3.8, 4) is 22.6 Å². The third kappa shape index (κ3) is 4.48. The Labute approximate surface area is 168 Å². The lowest BCUT2D eigenvalue weighted by Gasteiger charge is -2.18. The molecule has 0 aliphatic heterocycles. The molecule has 8 heteroatoms. The van der Waals surface area contributed by atoms with Gasteiger partial charge in [-0.15, -0.1) is 0 Å². The highest BCUT2D eigenvalue weighted by molar-refractivity contribution is 5.79. The highest BCUT2D eigenvalue weighted by Crippen LogP contribution is 2.41. The van der Waals surface area contributed by atoms with Crippen molar-refractivity contribution >= 4 is 17.5 Å². The van der Waals surface area contributed by atoms with Crippen molar-refractivity contribution in [3.05, 3.63) is 53.5 Å². The van der Waals surface area contributed by atoms with Gasteiger partial charge in [0.15, 0.2) is 0 Å². The number of hydrogen-bond acceptors (Lipinski definition) is 7. The molecule has 6 N–H and O–H groups in total. The number of benzene rings is 2. The normalized spacial score (nSPS) is 10.7. The fraction of sp³-hybridized carbons (Fsp3) is 0.238. The molecule has 0 atom stereocenters. The van der Waals surface area contributed by atoms with Crippen LogP contribution in [0, 0.1) is 5.82 Å². The van der Waals surface area contributed by atoms with Crippen molar-refractivity contribution in [3.63, 3.8) is 0 Å². The van der Waals surface area contributed by atoms with Gasteiger partial charge in [-0.3, -0.25) is 0 Å². The Bertz CT molecular complexity index is 999. The van der Waals surface area contributed by atoms with Gasteiger partial charge in [-0.2, -0.15) is 4.98 Å². The van der Waals surface area contributed by atoms with E-state index in [9.17, 15) is 4.39 Å². The van der Waals surface area contributed by atoms with Crippen molar-refractivity contribution in [2.24, 2.45) is 0 Å². The minimum atomic E-state index is -0.472. The second kappa shape index (κ2) is 8.64. The summed E-state index contributed by atoms with van der Waals surface area (Å²) in [5.74, 6) is 1.19. The molecule has 0 aliphatic rings. The Kier molecular flexibility index (Phi) is 6.01. The third-order valence-electron chi connectivity index (χ3n) is 4.32. The van der Waals surface area contributed by atoms with Crippen LogP contribution in [0.1, 0.15) is 25.0 Å². The molecular weight excluding hydrogens is 373 g/mol. The van der Waals surface area contributed by atoms with Crippen LogP contribution in [0.25, 0.3) is 11.1 Å². The maximum Gasteiger partial charge on any atom is 0.221 e. The molecule has 1 aromatic heterocycles. The van der Waals surface area contributed by atoms with Gasteiger partial charge in [-0.05, 0) is 49.2 Å². The average molecular weight is 397 g/mol. The quantitative estimate of drug-likeness (QED) is 0.522. The van der Waals surface area contributed by atoms with Crippen LogP contribution in [-0.4, -0.2) is 23.2 Å². The molecule has 3 aromatic rings. The molecule has 0 radical (unpaired) electrons. The summed E-state index contributed by atoms with van der Waals surface area (Å²) >= 11 is 0. The Morgan fingerprint density at radius 3 is 2.17 bits per heavy atom. The lowest BCUT2D eigenvalue weighted by Crippen LogP contribution is -2.05. The Hall–Kier alpha value is -3.55. The highest BCUT2D eigenvalue weighted by atomic mass is 19.1. The van der Waals surface area contributed by atoms with E-state index < -0.39 is 5.82 Å². The summed E-state index contributed by atoms with van der Waals surface area (Å²) in [5, 5.41) is 0. The summed E-state index contributed by atoms with van der Waals surface area (Å²) < 4.78 is 25.4. The van der Waals surface area contributed by atoms with Gasteiger partial charge in [-0.1, -0.05) is 6.07 Å². The highest BCUT2D eigenvalue weighted by Gasteiger charge is 2.18. The van der Waals surface area contributed by atoms with Crippen molar-refractivity contribution in [2.75, 3.05) is 30.4 Å². The zero-order valence-electron chi connectivity index (χ0n) is 16.4. The largest absolute Gasteiger partial charge is 0.493 e. The first-order valence-electron chi connectivity index (χ1n) is 9.27. The summed E-state index contributed by atoms with van der Waals surface area (Å²) in [4.78, 5) is 8.01. The van der Waals surface area contributed by atoms with Crippen LogP contribution in [0.5, 0.6) is 11.5 Å². The van der Waals surface area contributed by atoms with E-state index >= 15 is 0 Å². The van der Waals surface area contributed by atoms with Gasteiger partial charge in [0.25, 0.3) is 0 Å². The van der Waals surface area contributed by atoms with Gasteiger partial charge in [0.05, 0.1) is 24.5 Å². The monoisotopic (exact) mass is 397 g/mol. The second-order valence-corrected chi connectivity index (χ2v) is 6.38. The van der Waals surface area contributed by atoms with E-state index in [1.807, 2.05) is 26.0 Å². The standard InChI is InChI=1S/C21H24FN5O2/c1-3-28-17-8-12(7-14-11-26-21(25)27-20(14)24)9-18(29-4-2)19(17)13-5-6-15(22)16(23)10-13/h5-6,8-11H,3-4,7,23H2,1-2H3,(H4,24,25,26,27). The average Bonchev–Trinajstić information content (AvgIpc) is 2.67. The lowest BCUT2D eigenvalue weighted by molar-refractivity contribution is 0.325. The van der Waals surface area contributed by atoms with Crippen molar-refractivity contribution in [2.45, 2.75) is 20.3 Å². The molecule has 0 aliphatic carbocycles. The topological polar surface area (TPSA) is 122 Å². The molecule has 152 valence electrons. The predicted octanol–water partition coefficient (Wildman–Crippen LogP) is 3.42. The smallest absolute Gasteiger partial charge is 0.221 e. The predicted molar refractivity (Wildman–Crippen MR) is 112 cm³/mol. The van der Waals surface area contributed by atoms with E-state index in [-0.39, 0.29) is 11.6 Å². The summed E-state index contributed by atoms with van der Waals surface area (Å²) in [6, 6.07) is 8.35. The zero-order valence-corrected chi connectivity index (χ0v) is 16.4. The van der Waals surface area contributed by atoms with Gasteiger partial charge in [0, 0.05) is 18.2 Å². The molecule has 7 nitrogen and oxygen atoms in total. The zero-order chi connectivity index (χ0) is 21.0. The first kappa shape index (κ1) is 20.2. The van der Waals surface area contributed by atoms with Gasteiger partial charge >= 0.3 is 0 Å². The summed E-state index contributed by atoms with van der Waals surface area (Å²) in [6.45, 7) is 4.68. The summed E-state index contributed by atoms with van der Waals surface area (Å²) in [7, 11) is 0. The number of halogens is 1. The SMILES string of the molecule is CCOc1cc(Cc2cnc(N)nc2N)cc(OCC)c1-c1ccc(F)c(N)c1. The number of nitrogens with zero attached hydrogens (tertiary/aromatic N) is 2. The Morgan fingerprint density at radius 1 is 0.966 bits per heavy atom. The van der Waals surface area contributed by atoms with E-state index in [1.54, 1.807) is 18.3 Å². The van der Waals surface area contributed by atoms with E-state index in [1.165, 1.54) is 6.07 Å². The van der Waals surface area contributed by atoms with Crippen LogP contribution in [-0.2, 0) is 6.42 Å². The number of anilines is 3. The third-order valence-corrected chi connectivity index (χ3v) is 4.32. The number of ether oxygens (including phenoxy) is 2. The molecule has 0 saturated heterocycles. The van der Waals surface area contributed by atoms with Crippen LogP contribution < -0.4 is 26.7 Å². The fourth-order valence-corrected chi connectivity index (χ4v) is 3.06. The van der Waals surface area contributed by atoms with E-state index in [0.29, 0.717) is 48.1 Å². The van der Waals surface area contributed by atoms with Gasteiger partial charge in [-0.25, -0.2) is 9.37 Å². The molecule has 29 heavy (non-hydrogen) atoms. The Balaban J connectivity index is 2.11. The van der Waals surface area contributed by atoms with Gasteiger partial charge in [0.2, 0.25) is 5.95 Å². The maximum atomic E-state index is 13.7. The van der Waals surface area contributed by atoms with Crippen LogP contribution in [0.15, 0.2) is 36.5 Å². The summed E-state index contributed by atoms with van der Waals surface area (Å²) in [5.41, 5.74) is 20.4. The van der Waals surface area contributed by atoms with Gasteiger partial charge in [0.1, 0.15) is 23.1 Å². The molecule has 3 rings (SSSR count). The second-order valence-electron chi connectivity index (χ2n) is 6.38. The van der Waals surface area contributed by atoms with E-state index in [4.69, 9.17) is 26.7 Å². The number of hydrogen-bond donors (Lipinski definition) is 3. The molecule has 2 aromatic carbocycles. The van der Waals surface area contributed by atoms with Gasteiger partial charge < -0.3 is 26.7 Å². The lowest BCUT2D eigenvalue weighted by atomic mass is 9.98. The number of nitrogens with two attached hydrogens (primary N) is 3. The molecule has 0 amide bonds. The fourth-order valence-electron chi connectivity index (χ4n) is 3.06. The molecule has 0 fully saturated rings. The number of rotatable bonds is 7. The summed E-state index contributed by atoms with van der Waals surface area (Å²) in [6.07, 6.45) is 2.07. The first-order chi connectivity index (χ1) is 13.9. The first-order valence-corrected chi connectivity index (χ1v) is 9.27. The minimum Gasteiger partial charge on any atom is -0.493 e. The molecule has 0 saturated carbocycles. The number of nitrogen functional groups attached to an aromatic ring is 3. The van der Waals surface area contributed by atoms with Crippen molar-refractivity contribution in [1.82, 2.24) is 9.97 Å². The molecule has 0 unspecified atom stereocenters. The van der Waals surface area contributed by atoms with Crippen LogP contribution in [0.4, 0.5) is 21.8 Å². The Morgan fingerprint density at radius 2 is 1.62 bits per heavy atom. The number of aromatic nitrogens is 2. The molecule has 0 spiro atoms. The molecule has 0 bridgehead atoms. The van der Waals surface area contributed by atoms with Crippen molar-refractivity contribution < 1.29 is 13.9 Å². The molecule has 1 heterocycles. The van der Waals surface area contributed by atoms with Crippen LogP contribution >= 0.6 is 0 Å². The van der Waals surface area contributed by atoms with Crippen LogP contribution in [0.2, 0.25) is 0 Å². The van der Waals surface area contributed by atoms with E-state index in [2.05, 4.69) is 9.97 Å². The van der Waals surface area contributed by atoms with E-state index in [0.717, 1.165) is 11.1 Å². The maximum absolute atomic E-state index is 13.7. The molecular formula is C21H24FN5O2. The van der Waals surface area contributed by atoms with Crippen molar-refractivity contribution in [1.29, 1.82) is 0 Å². The van der Waals surface area contributed by atoms with Crippen LogP contribution in [0.3, 0.4) is 0 Å².